The summed E-state index contributed by atoms with van der Waals surface area (Å²) in [7, 11) is 0. The maximum atomic E-state index is 6.65. The standard InChI is InChI=1S/C14H20ClNO/c1-3-13-12(6-9-17-13)14(15)10(2)11-4-7-16-8-5-11/h4-5,7-8,10,12-14H,3,6,9H2,1-2H3. The van der Waals surface area contributed by atoms with E-state index in [4.69, 9.17) is 16.3 Å². The van der Waals surface area contributed by atoms with Gasteiger partial charge in [-0.3, -0.25) is 4.98 Å². The van der Waals surface area contributed by atoms with Crippen LogP contribution in [0, 0.1) is 5.92 Å². The van der Waals surface area contributed by atoms with Gasteiger partial charge in [0.2, 0.25) is 0 Å². The molecule has 0 amide bonds. The molecule has 0 aromatic carbocycles. The molecule has 1 aromatic rings. The molecule has 1 aliphatic heterocycles. The molecule has 0 saturated carbocycles. The predicted octanol–water partition coefficient (Wildman–Crippen LogP) is 3.61. The Bertz CT molecular complexity index is 343. The molecule has 0 aliphatic carbocycles. The zero-order chi connectivity index (χ0) is 12.3. The molecule has 0 N–H and O–H groups in total. The number of alkyl halides is 1. The van der Waals surface area contributed by atoms with E-state index < -0.39 is 0 Å². The third-order valence-corrected chi connectivity index (χ3v) is 4.48. The Morgan fingerprint density at radius 3 is 2.82 bits per heavy atom. The van der Waals surface area contributed by atoms with E-state index in [1.807, 2.05) is 12.4 Å². The van der Waals surface area contributed by atoms with E-state index >= 15 is 0 Å². The number of aromatic nitrogens is 1. The highest BCUT2D eigenvalue weighted by molar-refractivity contribution is 6.21. The normalized spacial score (nSPS) is 27.9. The Balaban J connectivity index is 2.07. The smallest absolute Gasteiger partial charge is 0.0615 e. The number of halogens is 1. The van der Waals surface area contributed by atoms with Crippen LogP contribution in [0.5, 0.6) is 0 Å². The van der Waals surface area contributed by atoms with Gasteiger partial charge in [-0.2, -0.15) is 0 Å². The van der Waals surface area contributed by atoms with Crippen molar-refractivity contribution in [3.05, 3.63) is 30.1 Å². The molecule has 94 valence electrons. The highest BCUT2D eigenvalue weighted by Gasteiger charge is 2.35. The fourth-order valence-electron chi connectivity index (χ4n) is 2.67. The summed E-state index contributed by atoms with van der Waals surface area (Å²) in [6, 6.07) is 4.10. The van der Waals surface area contributed by atoms with Crippen molar-refractivity contribution in [2.75, 3.05) is 6.61 Å². The van der Waals surface area contributed by atoms with Crippen LogP contribution >= 0.6 is 11.6 Å². The van der Waals surface area contributed by atoms with E-state index in [1.165, 1.54) is 5.56 Å². The van der Waals surface area contributed by atoms with E-state index in [0.29, 0.717) is 17.9 Å². The summed E-state index contributed by atoms with van der Waals surface area (Å²) in [6.07, 6.45) is 6.14. The maximum Gasteiger partial charge on any atom is 0.0615 e. The van der Waals surface area contributed by atoms with Crippen LogP contribution in [0.15, 0.2) is 24.5 Å². The average Bonchev–Trinajstić information content (AvgIpc) is 2.86. The Kier molecular flexibility index (Phi) is 4.41. The molecule has 0 radical (unpaired) electrons. The summed E-state index contributed by atoms with van der Waals surface area (Å²) in [6.45, 7) is 5.22. The highest BCUT2D eigenvalue weighted by atomic mass is 35.5. The first-order valence-corrected chi connectivity index (χ1v) is 6.83. The van der Waals surface area contributed by atoms with E-state index in [2.05, 4.69) is 31.0 Å². The highest BCUT2D eigenvalue weighted by Crippen LogP contribution is 2.36. The van der Waals surface area contributed by atoms with Gasteiger partial charge in [0.05, 0.1) is 6.10 Å². The lowest BCUT2D eigenvalue weighted by Gasteiger charge is -2.27. The van der Waals surface area contributed by atoms with Gasteiger partial charge >= 0.3 is 0 Å². The van der Waals surface area contributed by atoms with Gasteiger partial charge in [-0.1, -0.05) is 13.8 Å². The Hall–Kier alpha value is -0.600. The molecule has 4 unspecified atom stereocenters. The SMILES string of the molecule is CCC1OCCC1C(Cl)C(C)c1ccncc1. The molecule has 4 atom stereocenters. The van der Waals surface area contributed by atoms with Gasteiger partial charge in [-0.05, 0) is 36.5 Å². The van der Waals surface area contributed by atoms with Crippen LogP contribution in [0.3, 0.4) is 0 Å². The lowest BCUT2D eigenvalue weighted by atomic mass is 9.85. The fraction of sp³-hybridized carbons (Fsp3) is 0.643. The Morgan fingerprint density at radius 1 is 1.47 bits per heavy atom. The van der Waals surface area contributed by atoms with Crippen LogP contribution in [-0.2, 0) is 4.74 Å². The third kappa shape index (κ3) is 2.80. The summed E-state index contributed by atoms with van der Waals surface area (Å²) in [5, 5.41) is 0.143. The summed E-state index contributed by atoms with van der Waals surface area (Å²) in [4.78, 5) is 4.05. The zero-order valence-electron chi connectivity index (χ0n) is 10.5. The van der Waals surface area contributed by atoms with Crippen molar-refractivity contribution in [3.8, 4) is 0 Å². The van der Waals surface area contributed by atoms with Crippen molar-refractivity contribution >= 4 is 11.6 Å². The number of hydrogen-bond donors (Lipinski definition) is 0. The predicted molar refractivity (Wildman–Crippen MR) is 70.4 cm³/mol. The fourth-order valence-corrected chi connectivity index (χ4v) is 3.11. The zero-order valence-corrected chi connectivity index (χ0v) is 11.2. The molecule has 0 bridgehead atoms. The molecular formula is C14H20ClNO. The van der Waals surface area contributed by atoms with Crippen LogP contribution < -0.4 is 0 Å². The van der Waals surface area contributed by atoms with E-state index in [9.17, 15) is 0 Å². The Labute approximate surface area is 108 Å². The van der Waals surface area contributed by atoms with Crippen molar-refractivity contribution in [2.45, 2.75) is 44.1 Å². The molecular weight excluding hydrogens is 234 g/mol. The van der Waals surface area contributed by atoms with Gasteiger partial charge in [0.1, 0.15) is 0 Å². The molecule has 1 aliphatic rings. The monoisotopic (exact) mass is 253 g/mol. The summed E-state index contributed by atoms with van der Waals surface area (Å²) >= 11 is 6.65. The van der Waals surface area contributed by atoms with Crippen molar-refractivity contribution in [3.63, 3.8) is 0 Å². The molecule has 2 heterocycles. The number of ether oxygens (including phenoxy) is 1. The molecule has 2 rings (SSSR count). The minimum atomic E-state index is 0.143. The summed E-state index contributed by atoms with van der Waals surface area (Å²) in [5.41, 5.74) is 1.27. The molecule has 2 nitrogen and oxygen atoms in total. The summed E-state index contributed by atoms with van der Waals surface area (Å²) < 4.78 is 5.73. The van der Waals surface area contributed by atoms with Crippen molar-refractivity contribution in [2.24, 2.45) is 5.92 Å². The first-order chi connectivity index (χ1) is 8.24. The minimum Gasteiger partial charge on any atom is -0.378 e. The molecule has 17 heavy (non-hydrogen) atoms. The van der Waals surface area contributed by atoms with E-state index in [0.717, 1.165) is 19.4 Å². The molecule has 1 fully saturated rings. The van der Waals surface area contributed by atoms with Crippen molar-refractivity contribution < 1.29 is 4.74 Å². The van der Waals surface area contributed by atoms with Gasteiger partial charge in [0.15, 0.2) is 0 Å². The van der Waals surface area contributed by atoms with Crippen LogP contribution in [0.25, 0.3) is 0 Å². The van der Waals surface area contributed by atoms with Gasteiger partial charge in [-0.25, -0.2) is 0 Å². The number of rotatable bonds is 4. The van der Waals surface area contributed by atoms with Gasteiger partial charge in [0.25, 0.3) is 0 Å². The van der Waals surface area contributed by atoms with Crippen LogP contribution in [0.2, 0.25) is 0 Å². The van der Waals surface area contributed by atoms with E-state index in [-0.39, 0.29) is 5.38 Å². The van der Waals surface area contributed by atoms with Crippen LogP contribution in [0.1, 0.15) is 38.2 Å². The van der Waals surface area contributed by atoms with Gasteiger partial charge < -0.3 is 4.74 Å². The van der Waals surface area contributed by atoms with Crippen molar-refractivity contribution in [1.29, 1.82) is 0 Å². The first kappa shape index (κ1) is 12.8. The first-order valence-electron chi connectivity index (χ1n) is 6.39. The summed E-state index contributed by atoms with van der Waals surface area (Å²) in [5.74, 6) is 0.824. The second-order valence-corrected chi connectivity index (χ2v) is 5.29. The van der Waals surface area contributed by atoms with Crippen molar-refractivity contribution in [1.82, 2.24) is 4.98 Å². The Morgan fingerprint density at radius 2 is 2.18 bits per heavy atom. The third-order valence-electron chi connectivity index (χ3n) is 3.78. The molecule has 1 saturated heterocycles. The average molecular weight is 254 g/mol. The molecule has 1 aromatic heterocycles. The van der Waals surface area contributed by atoms with Crippen LogP contribution in [-0.4, -0.2) is 23.1 Å². The number of hydrogen-bond acceptors (Lipinski definition) is 2. The van der Waals surface area contributed by atoms with Crippen LogP contribution in [0.4, 0.5) is 0 Å². The molecule has 3 heteroatoms. The second kappa shape index (κ2) is 5.83. The second-order valence-electron chi connectivity index (χ2n) is 4.78. The maximum absolute atomic E-state index is 6.65. The lowest BCUT2D eigenvalue weighted by Crippen LogP contribution is -2.28. The minimum absolute atomic E-state index is 0.143. The number of pyridine rings is 1. The van der Waals surface area contributed by atoms with E-state index in [1.54, 1.807) is 0 Å². The lowest BCUT2D eigenvalue weighted by molar-refractivity contribution is 0.0851. The largest absolute Gasteiger partial charge is 0.378 e. The quantitative estimate of drug-likeness (QED) is 0.765. The number of nitrogens with zero attached hydrogens (tertiary/aromatic N) is 1. The molecule has 0 spiro atoms. The topological polar surface area (TPSA) is 22.1 Å². The van der Waals surface area contributed by atoms with Gasteiger partial charge in [-0.15, -0.1) is 11.6 Å². The van der Waals surface area contributed by atoms with Gasteiger partial charge in [0, 0.05) is 30.3 Å².